The van der Waals surface area contributed by atoms with Crippen LogP contribution in [0.15, 0.2) is 34.7 Å². The molecule has 0 saturated heterocycles. The molecule has 7 heteroatoms. The van der Waals surface area contributed by atoms with Crippen LogP contribution in [0.25, 0.3) is 11.3 Å². The predicted molar refractivity (Wildman–Crippen MR) is 132 cm³/mol. The number of hydrogen-bond donors (Lipinski definition) is 2. The first-order valence-electron chi connectivity index (χ1n) is 11.0. The number of carbonyl (C=O) groups excluding carboxylic acids is 1. The van der Waals surface area contributed by atoms with Crippen molar-refractivity contribution in [3.8, 4) is 11.3 Å². The summed E-state index contributed by atoms with van der Waals surface area (Å²) >= 11 is 13.9. The lowest BCUT2D eigenvalue weighted by Crippen LogP contribution is -2.38. The van der Waals surface area contributed by atoms with Gasteiger partial charge < -0.3 is 15.1 Å². The van der Waals surface area contributed by atoms with Crippen molar-refractivity contribution in [1.82, 2.24) is 5.32 Å². The van der Waals surface area contributed by atoms with Gasteiger partial charge in [-0.2, -0.15) is 0 Å². The number of fused-ring (bicyclic) bond motifs is 3. The molecule has 1 aliphatic heterocycles. The molecule has 0 bridgehead atoms. The fraction of sp³-hybridized carbons (Fsp3) is 0.400. The molecule has 32 heavy (non-hydrogen) atoms. The highest BCUT2D eigenvalue weighted by atomic mass is 35.5. The van der Waals surface area contributed by atoms with E-state index in [-0.39, 0.29) is 5.91 Å². The Balaban J connectivity index is 1.40. The van der Waals surface area contributed by atoms with Crippen LogP contribution in [0.2, 0.25) is 10.0 Å². The molecule has 2 aliphatic rings. The molecule has 5 rings (SSSR count). The van der Waals surface area contributed by atoms with E-state index in [0.717, 1.165) is 35.4 Å². The van der Waals surface area contributed by atoms with Crippen LogP contribution in [0.5, 0.6) is 0 Å². The first-order valence-corrected chi connectivity index (χ1v) is 12.6. The Morgan fingerprint density at radius 2 is 1.97 bits per heavy atom. The van der Waals surface area contributed by atoms with E-state index in [9.17, 15) is 4.79 Å². The van der Waals surface area contributed by atoms with Crippen molar-refractivity contribution in [2.45, 2.75) is 52.6 Å². The maximum Gasteiger partial charge on any atom is 0.256 e. The van der Waals surface area contributed by atoms with Crippen molar-refractivity contribution in [1.29, 1.82) is 0 Å². The van der Waals surface area contributed by atoms with Gasteiger partial charge in [-0.1, -0.05) is 50.4 Å². The highest BCUT2D eigenvalue weighted by Gasteiger charge is 2.37. The van der Waals surface area contributed by atoms with Crippen molar-refractivity contribution in [2.24, 2.45) is 11.3 Å². The van der Waals surface area contributed by atoms with Crippen LogP contribution in [0.4, 0.5) is 5.00 Å². The van der Waals surface area contributed by atoms with Gasteiger partial charge in [-0.15, -0.1) is 11.3 Å². The summed E-state index contributed by atoms with van der Waals surface area (Å²) in [5, 5.41) is 8.51. The normalized spacial score (nSPS) is 20.3. The number of halogens is 2. The third-order valence-electron chi connectivity index (χ3n) is 7.18. The van der Waals surface area contributed by atoms with E-state index >= 15 is 0 Å². The van der Waals surface area contributed by atoms with Crippen LogP contribution >= 0.6 is 34.5 Å². The molecule has 2 atom stereocenters. The maximum atomic E-state index is 13.1. The highest BCUT2D eigenvalue weighted by Crippen LogP contribution is 2.47. The van der Waals surface area contributed by atoms with Crippen molar-refractivity contribution in [2.75, 3.05) is 5.32 Å². The first kappa shape index (κ1) is 21.9. The number of hydrogen-bond acceptors (Lipinski definition) is 4. The number of thiophene rings is 1. The van der Waals surface area contributed by atoms with Crippen LogP contribution in [0, 0.1) is 11.3 Å². The lowest BCUT2D eigenvalue weighted by molar-refractivity contribution is 0.0930. The molecule has 1 aromatic carbocycles. The summed E-state index contributed by atoms with van der Waals surface area (Å²) in [5.74, 6) is 1.96. The van der Waals surface area contributed by atoms with Gasteiger partial charge in [-0.25, -0.2) is 0 Å². The maximum absolute atomic E-state index is 13.1. The Morgan fingerprint density at radius 3 is 2.72 bits per heavy atom. The van der Waals surface area contributed by atoms with Crippen LogP contribution in [-0.2, 0) is 12.8 Å². The second kappa shape index (κ2) is 8.12. The molecule has 2 N–H and O–H groups in total. The Hall–Kier alpha value is -1.95. The molecule has 3 heterocycles. The second-order valence-electron chi connectivity index (χ2n) is 9.37. The Labute approximate surface area is 202 Å². The predicted octanol–water partition coefficient (Wildman–Crippen LogP) is 7.71. The topological polar surface area (TPSA) is 54.3 Å². The molecule has 0 fully saturated rings. The summed E-state index contributed by atoms with van der Waals surface area (Å²) in [6.07, 6.45) is 3.92. The van der Waals surface area contributed by atoms with Crippen molar-refractivity contribution < 1.29 is 9.21 Å². The summed E-state index contributed by atoms with van der Waals surface area (Å²) in [6, 6.07) is 9.16. The minimum atomic E-state index is -0.408. The van der Waals surface area contributed by atoms with Gasteiger partial charge >= 0.3 is 0 Å². The van der Waals surface area contributed by atoms with E-state index in [2.05, 4.69) is 31.4 Å². The van der Waals surface area contributed by atoms with Crippen LogP contribution in [0.3, 0.4) is 0 Å². The van der Waals surface area contributed by atoms with Crippen molar-refractivity contribution in [3.05, 3.63) is 62.1 Å². The van der Waals surface area contributed by atoms with Crippen LogP contribution < -0.4 is 10.6 Å². The molecule has 1 aliphatic carbocycles. The molecular formula is C25H26Cl2N2O2S. The lowest BCUT2D eigenvalue weighted by Gasteiger charge is -2.36. The summed E-state index contributed by atoms with van der Waals surface area (Å²) in [7, 11) is 0. The standard InChI is InChI=1S/C25H26Cl2N2O2S/c1-4-25(2,3)14-6-7-15-20(12-14)32-24-21(15)23(30)28-22(29-24)19-10-9-18(31-19)13-5-8-16(26)17(27)11-13/h5,8-11,14,22,29H,4,6-7,12H2,1-3H3,(H,28,30)/t14-,22-/m1/s1. The molecule has 168 valence electrons. The van der Waals surface area contributed by atoms with E-state index in [0.29, 0.717) is 32.9 Å². The van der Waals surface area contributed by atoms with E-state index in [4.69, 9.17) is 27.6 Å². The van der Waals surface area contributed by atoms with Gasteiger partial charge in [-0.05, 0) is 66.5 Å². The molecular weight excluding hydrogens is 463 g/mol. The lowest BCUT2D eigenvalue weighted by atomic mass is 9.69. The van der Waals surface area contributed by atoms with Crippen LogP contribution in [-0.4, -0.2) is 5.91 Å². The fourth-order valence-electron chi connectivity index (χ4n) is 4.71. The Morgan fingerprint density at radius 1 is 1.16 bits per heavy atom. The third-order valence-corrected chi connectivity index (χ3v) is 9.10. The average Bonchev–Trinajstić information content (AvgIpc) is 3.40. The van der Waals surface area contributed by atoms with Crippen molar-refractivity contribution >= 4 is 45.4 Å². The SMILES string of the molecule is CCC(C)(C)[C@@H]1CCc2c(sc3c2C(=O)N[C@@H](c2ccc(-c4ccc(Cl)c(Cl)c4)o2)N3)C1. The van der Waals surface area contributed by atoms with Crippen LogP contribution in [0.1, 0.15) is 66.3 Å². The number of benzene rings is 1. The molecule has 0 unspecified atom stereocenters. The number of nitrogens with one attached hydrogen (secondary N) is 2. The first-order chi connectivity index (χ1) is 15.3. The molecule has 0 radical (unpaired) electrons. The van der Waals surface area contributed by atoms with Gasteiger partial charge in [0.2, 0.25) is 0 Å². The highest BCUT2D eigenvalue weighted by molar-refractivity contribution is 7.16. The van der Waals surface area contributed by atoms with Gasteiger partial charge in [0.15, 0.2) is 6.17 Å². The summed E-state index contributed by atoms with van der Waals surface area (Å²) in [4.78, 5) is 14.4. The number of anilines is 1. The van der Waals surface area contributed by atoms with Crippen molar-refractivity contribution in [3.63, 3.8) is 0 Å². The van der Waals surface area contributed by atoms with Gasteiger partial charge in [-0.3, -0.25) is 4.79 Å². The van der Waals surface area contributed by atoms with Gasteiger partial charge in [0.1, 0.15) is 16.5 Å². The molecule has 4 nitrogen and oxygen atoms in total. The average molecular weight is 489 g/mol. The summed E-state index contributed by atoms with van der Waals surface area (Å²) in [5.41, 5.74) is 3.21. The summed E-state index contributed by atoms with van der Waals surface area (Å²) < 4.78 is 6.07. The second-order valence-corrected chi connectivity index (χ2v) is 11.3. The monoisotopic (exact) mass is 488 g/mol. The fourth-order valence-corrected chi connectivity index (χ4v) is 6.36. The van der Waals surface area contributed by atoms with E-state index in [1.54, 1.807) is 23.5 Å². The Bertz CT molecular complexity index is 1200. The number of furan rings is 1. The minimum absolute atomic E-state index is 0.0260. The summed E-state index contributed by atoms with van der Waals surface area (Å²) in [6.45, 7) is 6.99. The molecule has 0 spiro atoms. The van der Waals surface area contributed by atoms with E-state index in [1.165, 1.54) is 16.9 Å². The molecule has 2 aromatic heterocycles. The number of carbonyl (C=O) groups is 1. The van der Waals surface area contributed by atoms with E-state index < -0.39 is 6.17 Å². The number of rotatable bonds is 4. The van der Waals surface area contributed by atoms with Gasteiger partial charge in [0.05, 0.1) is 15.6 Å². The quantitative estimate of drug-likeness (QED) is 0.395. The zero-order valence-corrected chi connectivity index (χ0v) is 20.7. The molecule has 1 amide bonds. The third kappa shape index (κ3) is 3.74. The van der Waals surface area contributed by atoms with Gasteiger partial charge in [0, 0.05) is 10.4 Å². The van der Waals surface area contributed by atoms with Gasteiger partial charge in [0.25, 0.3) is 5.91 Å². The number of amides is 1. The zero-order valence-electron chi connectivity index (χ0n) is 18.4. The minimum Gasteiger partial charge on any atom is -0.457 e. The van der Waals surface area contributed by atoms with E-state index in [1.807, 2.05) is 18.2 Å². The molecule has 0 saturated carbocycles. The largest absolute Gasteiger partial charge is 0.457 e. The Kier molecular flexibility index (Phi) is 5.55. The smallest absolute Gasteiger partial charge is 0.256 e. The zero-order chi connectivity index (χ0) is 22.6. The molecule has 3 aromatic rings.